The van der Waals surface area contributed by atoms with Gasteiger partial charge in [-0.25, -0.2) is 18.1 Å². The van der Waals surface area contributed by atoms with Crippen LogP contribution in [0.2, 0.25) is 0 Å². The first-order chi connectivity index (χ1) is 9.59. The van der Waals surface area contributed by atoms with Crippen molar-refractivity contribution < 1.29 is 37.8 Å². The largest absolute Gasteiger partial charge is 0.393 e. The fourth-order valence-electron chi connectivity index (χ4n) is 4.77. The number of rotatable bonds is 1. The minimum absolute atomic E-state index is 0. The summed E-state index contributed by atoms with van der Waals surface area (Å²) < 4.78 is 0. The van der Waals surface area contributed by atoms with Gasteiger partial charge >= 0.3 is 0 Å². The Balaban J connectivity index is 0.00000161. The molecule has 0 aliphatic heterocycles. The molecule has 0 aromatic carbocycles. The summed E-state index contributed by atoms with van der Waals surface area (Å²) in [7, 11) is 0. The van der Waals surface area contributed by atoms with Crippen LogP contribution in [0.3, 0.4) is 0 Å². The number of hydrogen-bond donors (Lipinski definition) is 1. The molecule has 0 heterocycles. The molecule has 1 nitrogen and oxygen atoms in total. The summed E-state index contributed by atoms with van der Waals surface area (Å²) in [5, 5.41) is 9.76. The molecule has 1 N–H and O–H groups in total. The molecule has 3 aliphatic rings. The van der Waals surface area contributed by atoms with Crippen LogP contribution in [0, 0.1) is 23.7 Å². The van der Waals surface area contributed by atoms with E-state index in [1.54, 1.807) is 5.57 Å². The molecule has 3 rings (SSSR count). The van der Waals surface area contributed by atoms with Gasteiger partial charge in [-0.1, -0.05) is 25.8 Å². The fourth-order valence-corrected chi connectivity index (χ4v) is 4.77. The Morgan fingerprint density at radius 2 is 2.05 bits per heavy atom. The summed E-state index contributed by atoms with van der Waals surface area (Å²) >= 11 is 0. The maximum atomic E-state index is 9.76. The molecule has 3 aliphatic carbocycles. The molecule has 1 radical (unpaired) electrons. The van der Waals surface area contributed by atoms with Crippen LogP contribution in [-0.4, -0.2) is 11.2 Å². The molecule has 115 valence electrons. The predicted molar refractivity (Wildman–Crippen MR) is 84.2 cm³/mol. The Kier molecular flexibility index (Phi) is 6.19. The Morgan fingerprint density at radius 1 is 1.24 bits per heavy atom. The van der Waals surface area contributed by atoms with Crippen molar-refractivity contribution in [3.05, 3.63) is 29.7 Å². The topological polar surface area (TPSA) is 20.2 Å². The van der Waals surface area contributed by atoms with Gasteiger partial charge in [-0.2, -0.15) is 0 Å². The molecule has 21 heavy (non-hydrogen) atoms. The number of fused-ring (bicyclic) bond motifs is 1. The molecule has 0 aromatic heterocycles. The Labute approximate surface area is 155 Å². The van der Waals surface area contributed by atoms with E-state index >= 15 is 0 Å². The molecule has 4 unspecified atom stereocenters. The molecule has 2 heteroatoms. The molecule has 0 amide bonds. The molecule has 3 fully saturated rings. The van der Waals surface area contributed by atoms with Crippen LogP contribution in [0.25, 0.3) is 0 Å². The minimum atomic E-state index is -0.118. The van der Waals surface area contributed by atoms with E-state index in [1.165, 1.54) is 37.7 Å². The van der Waals surface area contributed by atoms with Crippen LogP contribution in [0.4, 0.5) is 0 Å². The zero-order chi connectivity index (χ0) is 14.2. The van der Waals surface area contributed by atoms with E-state index in [4.69, 9.17) is 0 Å². The average molecular weight is 362 g/mol. The third kappa shape index (κ3) is 3.67. The van der Waals surface area contributed by atoms with Crippen LogP contribution in [-0.2, 0) is 32.7 Å². The molecule has 0 bridgehead atoms. The standard InChI is InChI=1S/C19H29O.Y/c1-14-8-11-18-16(6-4-12-19(14,18)2)10-9-15-5-3-7-17(20)13-15;/h5,9-10,14,17-18,20H,3-4,6-8,11-13H2,1-2H3;/q-1;/b15-9+,16-10+;. The van der Waals surface area contributed by atoms with Gasteiger partial charge in [0.25, 0.3) is 0 Å². The van der Waals surface area contributed by atoms with Crippen molar-refractivity contribution in [3.63, 3.8) is 0 Å². The third-order valence-electron chi connectivity index (χ3n) is 6.33. The number of hydrogen-bond acceptors (Lipinski definition) is 1. The van der Waals surface area contributed by atoms with E-state index in [2.05, 4.69) is 32.4 Å². The Morgan fingerprint density at radius 3 is 2.81 bits per heavy atom. The van der Waals surface area contributed by atoms with E-state index in [0.717, 1.165) is 31.1 Å². The second-order valence-corrected chi connectivity index (χ2v) is 7.51. The van der Waals surface area contributed by atoms with Crippen molar-refractivity contribution in [2.45, 2.75) is 71.3 Å². The van der Waals surface area contributed by atoms with E-state index in [-0.39, 0.29) is 38.8 Å². The van der Waals surface area contributed by atoms with Crippen LogP contribution < -0.4 is 0 Å². The first kappa shape index (κ1) is 17.8. The number of aliphatic hydroxyl groups is 1. The van der Waals surface area contributed by atoms with E-state index < -0.39 is 0 Å². The van der Waals surface area contributed by atoms with Crippen LogP contribution in [0.1, 0.15) is 65.2 Å². The minimum Gasteiger partial charge on any atom is -0.393 e. The maximum absolute atomic E-state index is 9.76. The van der Waals surface area contributed by atoms with Gasteiger partial charge < -0.3 is 5.11 Å². The summed E-state index contributed by atoms with van der Waals surface area (Å²) in [6, 6.07) is 0. The molecular weight excluding hydrogens is 333 g/mol. The maximum Gasteiger partial charge on any atom is 0.0540 e. The van der Waals surface area contributed by atoms with Crippen LogP contribution >= 0.6 is 0 Å². The molecule has 3 saturated carbocycles. The van der Waals surface area contributed by atoms with Gasteiger partial charge in [-0.15, -0.1) is 6.08 Å². The van der Waals surface area contributed by atoms with Crippen LogP contribution in [0.15, 0.2) is 23.3 Å². The van der Waals surface area contributed by atoms with Gasteiger partial charge in [0.05, 0.1) is 6.10 Å². The summed E-state index contributed by atoms with van der Waals surface area (Å²) in [5.74, 6) is 1.70. The Bertz CT molecular complexity index is 425. The second-order valence-electron chi connectivity index (χ2n) is 7.51. The third-order valence-corrected chi connectivity index (χ3v) is 6.33. The van der Waals surface area contributed by atoms with Crippen molar-refractivity contribution in [3.8, 4) is 0 Å². The van der Waals surface area contributed by atoms with Crippen molar-refractivity contribution in [1.29, 1.82) is 0 Å². The smallest absolute Gasteiger partial charge is 0.0540 e. The van der Waals surface area contributed by atoms with Crippen molar-refractivity contribution >= 4 is 0 Å². The van der Waals surface area contributed by atoms with Crippen molar-refractivity contribution in [2.24, 2.45) is 17.3 Å². The van der Waals surface area contributed by atoms with Gasteiger partial charge in [-0.3, -0.25) is 0 Å². The van der Waals surface area contributed by atoms with E-state index in [1.807, 2.05) is 0 Å². The van der Waals surface area contributed by atoms with Crippen molar-refractivity contribution in [2.75, 3.05) is 0 Å². The van der Waals surface area contributed by atoms with Gasteiger partial charge in [-0.05, 0) is 62.2 Å². The zero-order valence-electron chi connectivity index (χ0n) is 13.6. The SMILES string of the molecule is CC1CCC2/C(=C/C=C3\[CH-]CCC(O)C3)CCCC12C.[Y]. The predicted octanol–water partition coefficient (Wildman–Crippen LogP) is 4.82. The molecule has 0 spiro atoms. The van der Waals surface area contributed by atoms with Crippen molar-refractivity contribution in [1.82, 2.24) is 0 Å². The summed E-state index contributed by atoms with van der Waals surface area (Å²) in [4.78, 5) is 0. The van der Waals surface area contributed by atoms with E-state index in [9.17, 15) is 5.11 Å². The summed E-state index contributed by atoms with van der Waals surface area (Å²) in [5.41, 5.74) is 3.58. The first-order valence-corrected chi connectivity index (χ1v) is 8.50. The van der Waals surface area contributed by atoms with E-state index in [0.29, 0.717) is 5.41 Å². The average Bonchev–Trinajstić information content (AvgIpc) is 2.73. The summed E-state index contributed by atoms with van der Waals surface area (Å²) in [6.07, 6.45) is 16.6. The Hall–Kier alpha value is 0.414. The zero-order valence-corrected chi connectivity index (χ0v) is 16.5. The first-order valence-electron chi connectivity index (χ1n) is 8.50. The van der Waals surface area contributed by atoms with Crippen LogP contribution in [0.5, 0.6) is 0 Å². The number of allylic oxidation sites excluding steroid dienone is 3. The molecular formula is C19H29OY-. The van der Waals surface area contributed by atoms with Gasteiger partial charge in [0.1, 0.15) is 0 Å². The van der Waals surface area contributed by atoms with Gasteiger partial charge in [0, 0.05) is 32.7 Å². The van der Waals surface area contributed by atoms with Gasteiger partial charge in [0.15, 0.2) is 0 Å². The van der Waals surface area contributed by atoms with Gasteiger partial charge in [0.2, 0.25) is 0 Å². The summed E-state index contributed by atoms with van der Waals surface area (Å²) in [6.45, 7) is 4.97. The normalized spacial score (nSPS) is 43.3. The second kappa shape index (κ2) is 7.32. The molecule has 0 aromatic rings. The molecule has 0 saturated heterocycles. The monoisotopic (exact) mass is 362 g/mol. The fraction of sp³-hybridized carbons (Fsp3) is 0.737. The number of aliphatic hydroxyl groups excluding tert-OH is 1. The quantitative estimate of drug-likeness (QED) is 0.663. The molecule has 4 atom stereocenters.